The summed E-state index contributed by atoms with van der Waals surface area (Å²) in [6, 6.07) is 8.37. The molecule has 0 bridgehead atoms. The van der Waals surface area contributed by atoms with Crippen molar-refractivity contribution in [2.45, 2.75) is 25.2 Å². The lowest BCUT2D eigenvalue weighted by molar-refractivity contribution is 0.321. The zero-order valence-electron chi connectivity index (χ0n) is 10.6. The molecule has 0 aromatic heterocycles. The van der Waals surface area contributed by atoms with Crippen LogP contribution in [0.15, 0.2) is 24.3 Å². The number of rotatable bonds is 6. The third kappa shape index (κ3) is 2.50. The molecule has 1 aliphatic carbocycles. The summed E-state index contributed by atoms with van der Waals surface area (Å²) < 4.78 is 5.70. The first-order chi connectivity index (χ1) is 8.83. The molecule has 18 heavy (non-hydrogen) atoms. The molecule has 1 N–H and O–H groups in total. The number of fused-ring (bicyclic) bond motifs is 1. The number of hydrogen-bond acceptors (Lipinski definition) is 2. The van der Waals surface area contributed by atoms with E-state index in [1.54, 1.807) is 0 Å². The quantitative estimate of drug-likeness (QED) is 0.798. The van der Waals surface area contributed by atoms with E-state index >= 15 is 0 Å². The summed E-state index contributed by atoms with van der Waals surface area (Å²) in [7, 11) is 0. The van der Waals surface area contributed by atoms with E-state index < -0.39 is 0 Å². The van der Waals surface area contributed by atoms with E-state index in [0.717, 1.165) is 37.7 Å². The number of para-hydroxylation sites is 1. The fourth-order valence-corrected chi connectivity index (χ4v) is 3.20. The number of nitrogens with one attached hydrogen (secondary N) is 1. The van der Waals surface area contributed by atoms with Gasteiger partial charge in [-0.05, 0) is 30.7 Å². The van der Waals surface area contributed by atoms with Crippen molar-refractivity contribution in [2.24, 2.45) is 5.41 Å². The van der Waals surface area contributed by atoms with E-state index in [2.05, 4.69) is 23.5 Å². The summed E-state index contributed by atoms with van der Waals surface area (Å²) in [5, 5.41) is 3.62. The second-order valence-corrected chi connectivity index (χ2v) is 5.99. The molecule has 1 aliphatic heterocycles. The van der Waals surface area contributed by atoms with Crippen LogP contribution in [-0.2, 0) is 0 Å². The fraction of sp³-hybridized carbons (Fsp3) is 0.600. The lowest BCUT2D eigenvalue weighted by atomic mass is 10.00. The summed E-state index contributed by atoms with van der Waals surface area (Å²) in [6.07, 6.45) is 3.83. The van der Waals surface area contributed by atoms with Crippen LogP contribution >= 0.6 is 11.6 Å². The van der Waals surface area contributed by atoms with Gasteiger partial charge in [-0.2, -0.15) is 0 Å². The predicted molar refractivity (Wildman–Crippen MR) is 74.6 cm³/mol. The van der Waals surface area contributed by atoms with Crippen LogP contribution in [0.2, 0.25) is 0 Å². The highest BCUT2D eigenvalue weighted by molar-refractivity contribution is 6.17. The van der Waals surface area contributed by atoms with Crippen molar-refractivity contribution in [3.63, 3.8) is 0 Å². The summed E-state index contributed by atoms with van der Waals surface area (Å²) in [5.41, 5.74) is 1.87. The number of benzene rings is 1. The van der Waals surface area contributed by atoms with E-state index in [4.69, 9.17) is 16.3 Å². The minimum Gasteiger partial charge on any atom is -0.493 e. The van der Waals surface area contributed by atoms with Crippen molar-refractivity contribution in [1.82, 2.24) is 5.32 Å². The zero-order chi connectivity index (χ0) is 12.4. The lowest BCUT2D eigenvalue weighted by Crippen LogP contribution is -2.29. The van der Waals surface area contributed by atoms with E-state index in [1.165, 1.54) is 18.4 Å². The minimum atomic E-state index is 0.507. The summed E-state index contributed by atoms with van der Waals surface area (Å²) >= 11 is 5.85. The number of halogens is 1. The van der Waals surface area contributed by atoms with Crippen LogP contribution in [0.3, 0.4) is 0 Å². The smallest absolute Gasteiger partial charge is 0.122 e. The lowest BCUT2D eigenvalue weighted by Gasteiger charge is -2.16. The van der Waals surface area contributed by atoms with Gasteiger partial charge in [0.25, 0.3) is 0 Å². The monoisotopic (exact) mass is 265 g/mol. The SMILES string of the molecule is ClCCC1(CNCC2COc3ccccc32)CC1. The fourth-order valence-electron chi connectivity index (χ4n) is 2.80. The highest BCUT2D eigenvalue weighted by atomic mass is 35.5. The van der Waals surface area contributed by atoms with Crippen LogP contribution in [0.5, 0.6) is 5.75 Å². The van der Waals surface area contributed by atoms with Crippen LogP contribution in [-0.4, -0.2) is 25.6 Å². The number of ether oxygens (including phenoxy) is 1. The second-order valence-electron chi connectivity index (χ2n) is 5.62. The van der Waals surface area contributed by atoms with E-state index in [-0.39, 0.29) is 0 Å². The molecule has 2 nitrogen and oxygen atoms in total. The molecule has 2 aliphatic rings. The van der Waals surface area contributed by atoms with Gasteiger partial charge in [0.15, 0.2) is 0 Å². The van der Waals surface area contributed by atoms with Crippen LogP contribution in [0.1, 0.15) is 30.7 Å². The summed E-state index contributed by atoms with van der Waals surface area (Å²) in [6.45, 7) is 2.94. The molecule has 1 fully saturated rings. The van der Waals surface area contributed by atoms with Gasteiger partial charge in [-0.15, -0.1) is 11.6 Å². The van der Waals surface area contributed by atoms with Crippen LogP contribution < -0.4 is 10.1 Å². The molecular formula is C15H20ClNO. The van der Waals surface area contributed by atoms with Crippen molar-refractivity contribution in [3.8, 4) is 5.75 Å². The first kappa shape index (κ1) is 12.3. The first-order valence-corrected chi connectivity index (χ1v) is 7.35. The van der Waals surface area contributed by atoms with Crippen LogP contribution in [0.4, 0.5) is 0 Å². The van der Waals surface area contributed by atoms with Gasteiger partial charge in [0.05, 0.1) is 6.61 Å². The molecule has 1 unspecified atom stereocenters. The maximum Gasteiger partial charge on any atom is 0.122 e. The Balaban J connectivity index is 1.50. The molecule has 0 radical (unpaired) electrons. The zero-order valence-corrected chi connectivity index (χ0v) is 11.4. The van der Waals surface area contributed by atoms with E-state index in [1.807, 2.05) is 6.07 Å². The molecule has 3 heteroatoms. The molecule has 1 saturated carbocycles. The number of alkyl halides is 1. The van der Waals surface area contributed by atoms with Crippen molar-refractivity contribution < 1.29 is 4.74 Å². The Morgan fingerprint density at radius 2 is 2.17 bits per heavy atom. The van der Waals surface area contributed by atoms with Gasteiger partial charge in [0, 0.05) is 30.5 Å². The second kappa shape index (κ2) is 5.10. The van der Waals surface area contributed by atoms with Crippen molar-refractivity contribution in [2.75, 3.05) is 25.6 Å². The Kier molecular flexibility index (Phi) is 3.49. The van der Waals surface area contributed by atoms with Crippen LogP contribution in [0, 0.1) is 5.41 Å². The Morgan fingerprint density at radius 3 is 2.94 bits per heavy atom. The molecule has 1 aromatic carbocycles. The molecule has 0 spiro atoms. The predicted octanol–water partition coefficient (Wildman–Crippen LogP) is 3.16. The maximum atomic E-state index is 5.85. The van der Waals surface area contributed by atoms with Gasteiger partial charge in [-0.25, -0.2) is 0 Å². The highest BCUT2D eigenvalue weighted by Gasteiger charge is 2.41. The average molecular weight is 266 g/mol. The third-order valence-corrected chi connectivity index (χ3v) is 4.46. The average Bonchev–Trinajstić information content (AvgIpc) is 3.02. The highest BCUT2D eigenvalue weighted by Crippen LogP contribution is 2.48. The molecule has 0 amide bonds. The first-order valence-electron chi connectivity index (χ1n) is 6.81. The molecule has 98 valence electrons. The summed E-state index contributed by atoms with van der Waals surface area (Å²) in [5.74, 6) is 2.36. The van der Waals surface area contributed by atoms with Gasteiger partial charge in [0.2, 0.25) is 0 Å². The molecule has 1 heterocycles. The van der Waals surface area contributed by atoms with Crippen LogP contribution in [0.25, 0.3) is 0 Å². The standard InChI is InChI=1S/C15H20ClNO/c16-8-7-15(5-6-15)11-17-9-12-10-18-14-4-2-1-3-13(12)14/h1-4,12,17H,5-11H2. The van der Waals surface area contributed by atoms with E-state index in [9.17, 15) is 0 Å². The van der Waals surface area contributed by atoms with E-state index in [0.29, 0.717) is 11.3 Å². The van der Waals surface area contributed by atoms with Gasteiger partial charge in [0.1, 0.15) is 5.75 Å². The largest absolute Gasteiger partial charge is 0.493 e. The summed E-state index contributed by atoms with van der Waals surface area (Å²) in [4.78, 5) is 0. The minimum absolute atomic E-state index is 0.507. The van der Waals surface area contributed by atoms with Gasteiger partial charge in [-0.3, -0.25) is 0 Å². The molecule has 0 saturated heterocycles. The molecule has 3 rings (SSSR count). The maximum absolute atomic E-state index is 5.85. The number of hydrogen-bond donors (Lipinski definition) is 1. The van der Waals surface area contributed by atoms with Gasteiger partial charge in [-0.1, -0.05) is 18.2 Å². The van der Waals surface area contributed by atoms with Crippen molar-refractivity contribution >= 4 is 11.6 Å². The van der Waals surface area contributed by atoms with Crippen molar-refractivity contribution in [3.05, 3.63) is 29.8 Å². The van der Waals surface area contributed by atoms with Gasteiger partial charge >= 0.3 is 0 Å². The normalized spacial score (nSPS) is 23.5. The molecule has 1 aromatic rings. The Morgan fingerprint density at radius 1 is 1.33 bits per heavy atom. The Labute approximate surface area is 114 Å². The molecular weight excluding hydrogens is 246 g/mol. The molecule has 1 atom stereocenters. The topological polar surface area (TPSA) is 21.3 Å². The Hall–Kier alpha value is -0.730. The van der Waals surface area contributed by atoms with Gasteiger partial charge < -0.3 is 10.1 Å². The van der Waals surface area contributed by atoms with Crippen molar-refractivity contribution in [1.29, 1.82) is 0 Å². The Bertz CT molecular complexity index is 417. The third-order valence-electron chi connectivity index (χ3n) is 4.27.